The molecule has 1 N–H and O–H groups in total. The number of nitrogens with zero attached hydrogens (tertiary/aromatic N) is 1. The number of pyridine rings is 1. The van der Waals surface area contributed by atoms with Crippen molar-refractivity contribution in [3.63, 3.8) is 0 Å². The molecule has 2 aromatic heterocycles. The van der Waals surface area contributed by atoms with Crippen LogP contribution in [-0.2, 0) is 11.3 Å². The van der Waals surface area contributed by atoms with E-state index in [2.05, 4.69) is 15.0 Å². The number of aromatic nitrogens is 1. The van der Waals surface area contributed by atoms with E-state index in [1.54, 1.807) is 19.1 Å². The normalized spacial score (nSPS) is 10.3. The number of aryl methyl sites for hydroxylation is 1. The van der Waals surface area contributed by atoms with Gasteiger partial charge in [0.25, 0.3) is 0 Å². The van der Waals surface area contributed by atoms with Crippen molar-refractivity contribution in [2.75, 3.05) is 12.4 Å². The number of nitrogens with one attached hydrogen (secondary N) is 1. The summed E-state index contributed by atoms with van der Waals surface area (Å²) in [5, 5.41) is 3.01. The SMILES string of the molecule is COC(=O)c1cc(CNc2ccc(F)nc2)oc1C. The quantitative estimate of drug-likeness (QED) is 0.679. The number of methoxy groups -OCH3 is 1. The molecule has 0 amide bonds. The van der Waals surface area contributed by atoms with E-state index in [0.717, 1.165) is 0 Å². The molecule has 0 bridgehead atoms. The van der Waals surface area contributed by atoms with Crippen LogP contribution in [0.1, 0.15) is 21.9 Å². The molecule has 100 valence electrons. The number of furan rings is 1. The Morgan fingerprint density at radius 2 is 2.32 bits per heavy atom. The highest BCUT2D eigenvalue weighted by molar-refractivity contribution is 5.90. The number of carbonyl (C=O) groups excluding carboxylic acids is 1. The van der Waals surface area contributed by atoms with Gasteiger partial charge in [-0.2, -0.15) is 4.39 Å². The third-order valence-electron chi connectivity index (χ3n) is 2.57. The first kappa shape index (κ1) is 13.1. The minimum atomic E-state index is -0.535. The minimum Gasteiger partial charge on any atom is -0.465 e. The first-order valence-corrected chi connectivity index (χ1v) is 5.63. The summed E-state index contributed by atoms with van der Waals surface area (Å²) in [6.45, 7) is 2.06. The third-order valence-corrected chi connectivity index (χ3v) is 2.57. The molecule has 0 fully saturated rings. The van der Waals surface area contributed by atoms with E-state index in [1.165, 1.54) is 19.4 Å². The summed E-state index contributed by atoms with van der Waals surface area (Å²) in [5.41, 5.74) is 1.06. The van der Waals surface area contributed by atoms with Crippen LogP contribution >= 0.6 is 0 Å². The van der Waals surface area contributed by atoms with Crippen LogP contribution < -0.4 is 5.32 Å². The van der Waals surface area contributed by atoms with Gasteiger partial charge >= 0.3 is 5.97 Å². The summed E-state index contributed by atoms with van der Waals surface area (Å²) >= 11 is 0. The van der Waals surface area contributed by atoms with Gasteiger partial charge < -0.3 is 14.5 Å². The summed E-state index contributed by atoms with van der Waals surface area (Å²) in [5.74, 6) is 0.117. The van der Waals surface area contributed by atoms with E-state index in [-0.39, 0.29) is 0 Å². The second-order valence-corrected chi connectivity index (χ2v) is 3.90. The molecular weight excluding hydrogens is 251 g/mol. The van der Waals surface area contributed by atoms with E-state index in [4.69, 9.17) is 4.42 Å². The van der Waals surface area contributed by atoms with Crippen LogP contribution in [0.3, 0.4) is 0 Å². The lowest BCUT2D eigenvalue weighted by atomic mass is 10.2. The van der Waals surface area contributed by atoms with E-state index in [0.29, 0.717) is 29.3 Å². The van der Waals surface area contributed by atoms with Crippen LogP contribution in [0, 0.1) is 12.9 Å². The van der Waals surface area contributed by atoms with E-state index in [1.807, 2.05) is 0 Å². The zero-order valence-corrected chi connectivity index (χ0v) is 10.6. The van der Waals surface area contributed by atoms with Gasteiger partial charge in [0.15, 0.2) is 0 Å². The second-order valence-electron chi connectivity index (χ2n) is 3.90. The first-order chi connectivity index (χ1) is 9.10. The van der Waals surface area contributed by atoms with Gasteiger partial charge in [-0.1, -0.05) is 0 Å². The topological polar surface area (TPSA) is 64.4 Å². The fourth-order valence-electron chi connectivity index (χ4n) is 1.61. The Hall–Kier alpha value is -2.37. The lowest BCUT2D eigenvalue weighted by Gasteiger charge is -2.02. The monoisotopic (exact) mass is 264 g/mol. The zero-order chi connectivity index (χ0) is 13.8. The molecule has 19 heavy (non-hydrogen) atoms. The molecule has 0 spiro atoms. The predicted molar refractivity (Wildman–Crippen MR) is 66.3 cm³/mol. The maximum atomic E-state index is 12.6. The summed E-state index contributed by atoms with van der Waals surface area (Å²) in [6, 6.07) is 4.44. The van der Waals surface area contributed by atoms with Crippen LogP contribution in [-0.4, -0.2) is 18.1 Å². The molecule has 2 heterocycles. The molecule has 0 aromatic carbocycles. The molecule has 0 aliphatic heterocycles. The average molecular weight is 264 g/mol. The molecule has 6 heteroatoms. The predicted octanol–water partition coefficient (Wildman–Crippen LogP) is 2.52. The molecule has 0 unspecified atom stereocenters. The van der Waals surface area contributed by atoms with Crippen molar-refractivity contribution >= 4 is 11.7 Å². The van der Waals surface area contributed by atoms with Gasteiger partial charge in [-0.15, -0.1) is 0 Å². The summed E-state index contributed by atoms with van der Waals surface area (Å²) in [7, 11) is 1.32. The van der Waals surface area contributed by atoms with Gasteiger partial charge in [0.1, 0.15) is 17.1 Å². The van der Waals surface area contributed by atoms with Gasteiger partial charge in [-0.3, -0.25) is 0 Å². The zero-order valence-electron chi connectivity index (χ0n) is 10.6. The summed E-state index contributed by atoms with van der Waals surface area (Å²) in [6.07, 6.45) is 1.38. The van der Waals surface area contributed by atoms with Crippen LogP contribution in [0.5, 0.6) is 0 Å². The van der Waals surface area contributed by atoms with Crippen molar-refractivity contribution in [3.8, 4) is 0 Å². The van der Waals surface area contributed by atoms with Crippen LogP contribution in [0.2, 0.25) is 0 Å². The van der Waals surface area contributed by atoms with Gasteiger partial charge in [0, 0.05) is 0 Å². The van der Waals surface area contributed by atoms with E-state index >= 15 is 0 Å². The Morgan fingerprint density at radius 1 is 1.53 bits per heavy atom. The second kappa shape index (κ2) is 5.51. The van der Waals surface area contributed by atoms with E-state index < -0.39 is 11.9 Å². The van der Waals surface area contributed by atoms with Gasteiger partial charge in [-0.25, -0.2) is 9.78 Å². The number of rotatable bonds is 4. The van der Waals surface area contributed by atoms with Crippen molar-refractivity contribution in [1.82, 2.24) is 4.98 Å². The largest absolute Gasteiger partial charge is 0.465 e. The van der Waals surface area contributed by atoms with Crippen molar-refractivity contribution in [3.05, 3.63) is 47.4 Å². The number of hydrogen-bond acceptors (Lipinski definition) is 5. The molecule has 0 saturated carbocycles. The number of hydrogen-bond donors (Lipinski definition) is 1. The molecule has 0 aliphatic carbocycles. The minimum absolute atomic E-state index is 0.366. The maximum Gasteiger partial charge on any atom is 0.341 e. The third kappa shape index (κ3) is 3.09. The number of esters is 1. The average Bonchev–Trinajstić information content (AvgIpc) is 2.78. The molecular formula is C13H13FN2O3. The van der Waals surface area contributed by atoms with Crippen molar-refractivity contribution < 1.29 is 18.3 Å². The molecule has 0 radical (unpaired) electrons. The van der Waals surface area contributed by atoms with Crippen LogP contribution in [0.15, 0.2) is 28.8 Å². The molecule has 0 aliphatic rings. The molecule has 5 nitrogen and oxygen atoms in total. The number of carbonyl (C=O) groups is 1. The van der Waals surface area contributed by atoms with Crippen LogP contribution in [0.4, 0.5) is 10.1 Å². The summed E-state index contributed by atoms with van der Waals surface area (Å²) in [4.78, 5) is 14.9. The Bertz CT molecular complexity index is 578. The number of anilines is 1. The molecule has 2 aromatic rings. The van der Waals surface area contributed by atoms with Crippen LogP contribution in [0.25, 0.3) is 0 Å². The van der Waals surface area contributed by atoms with Crippen molar-refractivity contribution in [2.45, 2.75) is 13.5 Å². The highest BCUT2D eigenvalue weighted by Gasteiger charge is 2.14. The Labute approximate surface area is 109 Å². The van der Waals surface area contributed by atoms with Crippen molar-refractivity contribution in [2.24, 2.45) is 0 Å². The fourth-order valence-corrected chi connectivity index (χ4v) is 1.61. The Kier molecular flexibility index (Phi) is 3.79. The molecule has 0 atom stereocenters. The number of halogens is 1. The molecule has 0 saturated heterocycles. The Morgan fingerprint density at radius 3 is 2.95 bits per heavy atom. The lowest BCUT2D eigenvalue weighted by molar-refractivity contribution is 0.0599. The highest BCUT2D eigenvalue weighted by Crippen LogP contribution is 2.17. The van der Waals surface area contributed by atoms with Gasteiger partial charge in [0.2, 0.25) is 5.95 Å². The smallest absolute Gasteiger partial charge is 0.341 e. The summed E-state index contributed by atoms with van der Waals surface area (Å²) < 4.78 is 22.7. The first-order valence-electron chi connectivity index (χ1n) is 5.63. The van der Waals surface area contributed by atoms with E-state index in [9.17, 15) is 9.18 Å². The fraction of sp³-hybridized carbons (Fsp3) is 0.231. The lowest BCUT2D eigenvalue weighted by Crippen LogP contribution is -2.01. The number of ether oxygens (including phenoxy) is 1. The van der Waals surface area contributed by atoms with Gasteiger partial charge in [0.05, 0.1) is 25.5 Å². The molecule has 2 rings (SSSR count). The maximum absolute atomic E-state index is 12.6. The Balaban J connectivity index is 2.04. The van der Waals surface area contributed by atoms with Crippen molar-refractivity contribution in [1.29, 1.82) is 0 Å². The highest BCUT2D eigenvalue weighted by atomic mass is 19.1. The van der Waals surface area contributed by atoms with Gasteiger partial charge in [-0.05, 0) is 25.1 Å². The standard InChI is InChI=1S/C13H13FN2O3/c1-8-11(13(17)18-2)5-10(19-8)7-15-9-3-4-12(14)16-6-9/h3-6,15H,7H2,1-2H3.